The van der Waals surface area contributed by atoms with Crippen molar-refractivity contribution in [2.75, 3.05) is 76.8 Å². The Bertz CT molecular complexity index is 2190. The third kappa shape index (κ3) is 5.53. The minimum Gasteiger partial charge on any atom is -0.461 e. The second-order valence-corrected chi connectivity index (χ2v) is 16.1. The Hall–Kier alpha value is -4.14. The van der Waals surface area contributed by atoms with Crippen LogP contribution in [0.4, 0.5) is 28.8 Å². The van der Waals surface area contributed by atoms with E-state index in [2.05, 4.69) is 9.88 Å². The predicted octanol–water partition coefficient (Wildman–Crippen LogP) is 5.19. The number of amides is 2. The Morgan fingerprint density at radius 3 is 2.66 bits per heavy atom. The summed E-state index contributed by atoms with van der Waals surface area (Å²) in [5.41, 5.74) is 5.64. The van der Waals surface area contributed by atoms with Crippen molar-refractivity contribution in [2.24, 2.45) is 0 Å². The van der Waals surface area contributed by atoms with Gasteiger partial charge < -0.3 is 34.6 Å². The fourth-order valence-corrected chi connectivity index (χ4v) is 10.2. The Labute approximate surface area is 311 Å². The number of alkyl halides is 1. The number of piperazine rings is 1. The number of nitrogen functional groups attached to an aromatic ring is 1. The van der Waals surface area contributed by atoms with Gasteiger partial charge in [-0.25, -0.2) is 18.0 Å². The lowest BCUT2D eigenvalue weighted by atomic mass is 9.95. The maximum Gasteiger partial charge on any atom is 0.320 e. The van der Waals surface area contributed by atoms with Crippen LogP contribution in [0.1, 0.15) is 24.8 Å². The Balaban J connectivity index is 1.16. The van der Waals surface area contributed by atoms with Gasteiger partial charge in [0, 0.05) is 49.5 Å². The molecular formula is C36H36ClF3N8O4S. The first-order valence-electron chi connectivity index (χ1n) is 17.6. The van der Waals surface area contributed by atoms with E-state index in [-0.39, 0.29) is 92.4 Å². The molecule has 0 spiro atoms. The first-order valence-corrected chi connectivity index (χ1v) is 18.8. The molecule has 2 bridgehead atoms. The third-order valence-electron chi connectivity index (χ3n) is 11.5. The topological polar surface area (TPSA) is 133 Å². The molecule has 0 aliphatic carbocycles. The summed E-state index contributed by atoms with van der Waals surface area (Å²) < 4.78 is 64.7. The second-order valence-electron chi connectivity index (χ2n) is 14.6. The van der Waals surface area contributed by atoms with E-state index < -0.39 is 23.3 Å². The first-order chi connectivity index (χ1) is 25.6. The summed E-state index contributed by atoms with van der Waals surface area (Å²) in [7, 11) is 1.63. The number of nitrogens with two attached hydrogens (primary N) is 1. The van der Waals surface area contributed by atoms with Gasteiger partial charge in [-0.05, 0) is 37.1 Å². The molecule has 5 saturated heterocycles. The standard InChI is InChI=1S/C36H36ClF3N8O4S/c1-50-21-13-46(14-21)35(49)45-11-19-15-51-16-20(12-45)48(19)33-23-7-25(37)28(22-3-4-26(39)31-27(22)24(9-41)32(42)53-31)29(40)30(23)43-34(44-33)52-17-36-5-2-6-47(36)10-18(38)8-36/h3-4,7,18-21H,2,5-6,8,10-17,42H2,1H3/t18-,19?,20?,36+/m1/s1. The van der Waals surface area contributed by atoms with Crippen LogP contribution in [0, 0.1) is 23.0 Å². The number of likely N-dealkylation sites (tertiary alicyclic amines) is 1. The molecule has 2 aromatic heterocycles. The van der Waals surface area contributed by atoms with Crippen molar-refractivity contribution in [2.45, 2.75) is 49.2 Å². The normalized spacial score (nSPS) is 26.0. The molecule has 17 heteroatoms. The number of halogens is 4. The van der Waals surface area contributed by atoms with Gasteiger partial charge >= 0.3 is 12.0 Å². The molecule has 53 heavy (non-hydrogen) atoms. The molecule has 2 unspecified atom stereocenters. The fraction of sp³-hybridized carbons (Fsp3) is 0.500. The number of benzene rings is 2. The number of rotatable bonds is 6. The third-order valence-corrected chi connectivity index (χ3v) is 12.8. The van der Waals surface area contributed by atoms with E-state index in [9.17, 15) is 14.4 Å². The van der Waals surface area contributed by atoms with E-state index in [1.165, 1.54) is 12.1 Å². The van der Waals surface area contributed by atoms with Crippen LogP contribution in [0.5, 0.6) is 6.01 Å². The minimum atomic E-state index is -0.971. The van der Waals surface area contributed by atoms with Crippen LogP contribution in [0.25, 0.3) is 32.1 Å². The Morgan fingerprint density at radius 2 is 1.92 bits per heavy atom. The number of carbonyl (C=O) groups is 1. The Morgan fingerprint density at radius 1 is 1.17 bits per heavy atom. The van der Waals surface area contributed by atoms with E-state index in [4.69, 9.17) is 36.5 Å². The lowest BCUT2D eigenvalue weighted by Crippen LogP contribution is -2.69. The molecule has 0 saturated carbocycles. The number of nitriles is 1. The van der Waals surface area contributed by atoms with Crippen molar-refractivity contribution in [3.63, 3.8) is 0 Å². The molecule has 4 aromatic rings. The molecule has 2 N–H and O–H groups in total. The zero-order valence-corrected chi connectivity index (χ0v) is 30.4. The van der Waals surface area contributed by atoms with Crippen molar-refractivity contribution in [3.8, 4) is 23.2 Å². The number of methoxy groups -OCH3 is 1. The number of carbonyl (C=O) groups excluding carboxylic acids is 1. The lowest BCUT2D eigenvalue weighted by Gasteiger charge is -2.52. The van der Waals surface area contributed by atoms with Gasteiger partial charge in [-0.15, -0.1) is 11.3 Å². The fourth-order valence-electron chi connectivity index (χ4n) is 8.93. The number of morpholine rings is 1. The molecule has 5 aliphatic heterocycles. The van der Waals surface area contributed by atoms with Gasteiger partial charge in [-0.3, -0.25) is 4.90 Å². The number of hydrogen-bond acceptors (Lipinski definition) is 11. The number of thiophene rings is 1. The van der Waals surface area contributed by atoms with E-state index >= 15 is 8.78 Å². The zero-order chi connectivity index (χ0) is 36.8. The number of anilines is 2. The highest BCUT2D eigenvalue weighted by atomic mass is 35.5. The van der Waals surface area contributed by atoms with Crippen molar-refractivity contribution in [3.05, 3.63) is 40.4 Å². The predicted molar refractivity (Wildman–Crippen MR) is 193 cm³/mol. The number of urea groups is 1. The molecule has 12 nitrogen and oxygen atoms in total. The molecule has 7 heterocycles. The molecule has 2 aromatic carbocycles. The summed E-state index contributed by atoms with van der Waals surface area (Å²) in [6, 6.07) is 5.33. The van der Waals surface area contributed by atoms with Crippen molar-refractivity contribution in [1.82, 2.24) is 24.7 Å². The summed E-state index contributed by atoms with van der Waals surface area (Å²) in [6.07, 6.45) is 1.04. The van der Waals surface area contributed by atoms with Gasteiger partial charge in [0.1, 0.15) is 41.0 Å². The van der Waals surface area contributed by atoms with Crippen LogP contribution in [-0.2, 0) is 9.47 Å². The van der Waals surface area contributed by atoms with Crippen molar-refractivity contribution >= 4 is 60.8 Å². The summed E-state index contributed by atoms with van der Waals surface area (Å²) >= 11 is 7.85. The summed E-state index contributed by atoms with van der Waals surface area (Å²) in [6.45, 7) is 3.51. The van der Waals surface area contributed by atoms with Gasteiger partial charge in [-0.2, -0.15) is 15.2 Å². The van der Waals surface area contributed by atoms with E-state index in [1.54, 1.807) is 18.1 Å². The molecule has 0 radical (unpaired) electrons. The number of nitrogens with zero attached hydrogens (tertiary/aromatic N) is 7. The van der Waals surface area contributed by atoms with Gasteiger partial charge in [0.2, 0.25) is 0 Å². The summed E-state index contributed by atoms with van der Waals surface area (Å²) in [5.74, 6) is -1.04. The van der Waals surface area contributed by atoms with Crippen LogP contribution in [0.3, 0.4) is 0 Å². The molecule has 4 atom stereocenters. The van der Waals surface area contributed by atoms with Crippen LogP contribution < -0.4 is 15.4 Å². The number of ether oxygens (including phenoxy) is 3. The first kappa shape index (κ1) is 34.6. The molecule has 5 aliphatic rings. The minimum absolute atomic E-state index is 0.00350. The lowest BCUT2D eigenvalue weighted by molar-refractivity contribution is -0.0251. The molecule has 9 rings (SSSR count). The monoisotopic (exact) mass is 768 g/mol. The van der Waals surface area contributed by atoms with Gasteiger partial charge in [0.05, 0.1) is 65.3 Å². The Kier molecular flexibility index (Phi) is 8.50. The van der Waals surface area contributed by atoms with Crippen molar-refractivity contribution in [1.29, 1.82) is 5.26 Å². The van der Waals surface area contributed by atoms with Crippen LogP contribution in [-0.4, -0.2) is 127 Å². The summed E-state index contributed by atoms with van der Waals surface area (Å²) in [5, 5.41) is 10.5. The van der Waals surface area contributed by atoms with E-state index in [1.807, 2.05) is 15.9 Å². The average Bonchev–Trinajstić information content (AvgIpc) is 3.76. The van der Waals surface area contributed by atoms with E-state index in [0.29, 0.717) is 50.3 Å². The highest BCUT2D eigenvalue weighted by Crippen LogP contribution is 2.47. The average molecular weight is 769 g/mol. The van der Waals surface area contributed by atoms with Crippen LogP contribution >= 0.6 is 22.9 Å². The molecule has 2 amide bonds. The quantitative estimate of drug-likeness (QED) is 0.280. The van der Waals surface area contributed by atoms with Gasteiger partial charge in [0.25, 0.3) is 0 Å². The maximum atomic E-state index is 17.3. The molecule has 5 fully saturated rings. The van der Waals surface area contributed by atoms with Gasteiger partial charge in [0.15, 0.2) is 5.82 Å². The van der Waals surface area contributed by atoms with Crippen LogP contribution in [0.2, 0.25) is 5.02 Å². The van der Waals surface area contributed by atoms with E-state index in [0.717, 1.165) is 30.7 Å². The highest BCUT2D eigenvalue weighted by molar-refractivity contribution is 7.23. The molecular weight excluding hydrogens is 733 g/mol. The smallest absolute Gasteiger partial charge is 0.320 e. The SMILES string of the molecule is COC1CN(C(=O)N2CC3COCC(C2)N3c2nc(OC[C@@]34CCCN3C[C@H](F)C4)nc3c(F)c(-c4ccc(F)c5sc(N)c(C#N)c45)c(Cl)cc23)C1. The van der Waals surface area contributed by atoms with Gasteiger partial charge in [-0.1, -0.05) is 17.7 Å². The zero-order valence-electron chi connectivity index (χ0n) is 28.8. The summed E-state index contributed by atoms with van der Waals surface area (Å²) in [4.78, 5) is 30.7. The maximum absolute atomic E-state index is 17.3. The van der Waals surface area contributed by atoms with Crippen molar-refractivity contribution < 1.29 is 32.2 Å². The number of aromatic nitrogens is 2. The van der Waals surface area contributed by atoms with Crippen LogP contribution in [0.15, 0.2) is 18.2 Å². The highest BCUT2D eigenvalue weighted by Gasteiger charge is 2.50. The second kappa shape index (κ2) is 13.0. The largest absolute Gasteiger partial charge is 0.461 e. The number of hydrogen-bond donors (Lipinski definition) is 1. The molecule has 278 valence electrons. The number of fused-ring (bicyclic) bond motifs is 5.